The number of para-hydroxylation sites is 1. The van der Waals surface area contributed by atoms with E-state index in [9.17, 15) is 24.3 Å². The number of hydrogen-bond acceptors (Lipinski definition) is 7. The number of cyclic esters (lactones) is 1. The Hall–Kier alpha value is -3.99. The van der Waals surface area contributed by atoms with Crippen molar-refractivity contribution in [2.24, 2.45) is 17.8 Å². The van der Waals surface area contributed by atoms with Crippen molar-refractivity contribution in [3.8, 4) is 0 Å². The smallest absolute Gasteiger partial charge is 0.306 e. The van der Waals surface area contributed by atoms with Crippen LogP contribution in [0.2, 0.25) is 5.02 Å². The molecular weight excluding hydrogens is 610 g/mol. The number of likely N-dealkylation sites (tertiary alicyclic amines) is 1. The Labute approximate surface area is 273 Å². The third kappa shape index (κ3) is 5.52. The van der Waals surface area contributed by atoms with E-state index in [0.717, 1.165) is 5.56 Å². The molecule has 0 aliphatic carbocycles. The Balaban J connectivity index is 1.47. The first-order valence-corrected chi connectivity index (χ1v) is 16.1. The molecule has 6 rings (SSSR count). The van der Waals surface area contributed by atoms with Crippen molar-refractivity contribution in [1.29, 1.82) is 0 Å². The highest BCUT2D eigenvalue weighted by Gasteiger charge is 2.74. The first kappa shape index (κ1) is 32.0. The molecule has 2 fully saturated rings. The lowest BCUT2D eigenvalue weighted by atomic mass is 9.74. The number of fused-ring (bicyclic) bond motifs is 2. The Morgan fingerprint density at radius 1 is 1.02 bits per heavy atom. The number of nitrogens with zero attached hydrogens (tertiary/aromatic N) is 2. The predicted molar refractivity (Wildman–Crippen MR) is 171 cm³/mol. The fourth-order valence-corrected chi connectivity index (χ4v) is 7.45. The molecule has 2 aromatic rings. The number of nitrogens with one attached hydrogen (secondary N) is 1. The molecule has 0 radical (unpaired) electrons. The highest BCUT2D eigenvalue weighted by Crippen LogP contribution is 2.56. The molecule has 2 N–H and O–H groups in total. The zero-order chi connectivity index (χ0) is 32.6. The molecule has 3 amide bonds. The Morgan fingerprint density at radius 2 is 1.76 bits per heavy atom. The quantitative estimate of drug-likeness (QED) is 0.375. The van der Waals surface area contributed by atoms with E-state index in [1.54, 1.807) is 48.6 Å². The molecule has 0 unspecified atom stereocenters. The Morgan fingerprint density at radius 3 is 2.48 bits per heavy atom. The minimum Gasteiger partial charge on any atom is -0.463 e. The number of anilines is 1. The highest BCUT2D eigenvalue weighted by molar-refractivity contribution is 6.34. The standard InChI is InChI=1S/C35H38ClN3O7/c1-21(2)26(19-40)39-31-34(44)38(25-14-9-8-13-23(25)36)18-10-4-7-15-28(41)45-20-24(22-11-5-3-6-12-22)37-32(42)29-27-16-17-35(31,46-27)30(29)33(39)43/h3-6,8-14,16-17,21,24,26-27,29-31,40H,7,15,18-20H2,1-2H3,(H,37,42)/b10-4-/t24-,26+,27-,29+,30+,31-,35+/m1/s1. The second-order valence-corrected chi connectivity index (χ2v) is 12.9. The van der Waals surface area contributed by atoms with Crippen LogP contribution in [-0.2, 0) is 28.7 Å². The Bertz CT molecular complexity index is 1560. The van der Waals surface area contributed by atoms with Crippen LogP contribution in [0.4, 0.5) is 5.69 Å². The van der Waals surface area contributed by atoms with Gasteiger partial charge in [0, 0.05) is 13.0 Å². The SMILES string of the molecule is CC(C)[C@H](CO)N1C(=O)[C@@H]2[C@H]3C(=O)N[C@@H](c4ccccc4)COC(=O)CC/C=C\CN(c4ccccc4Cl)C(=O)[C@@H]1[C@]21C=C[C@H]3O1. The number of esters is 1. The lowest BCUT2D eigenvalue weighted by Gasteiger charge is -2.40. The van der Waals surface area contributed by atoms with E-state index in [0.29, 0.717) is 17.1 Å². The van der Waals surface area contributed by atoms with Gasteiger partial charge in [-0.2, -0.15) is 0 Å². The third-order valence-corrected chi connectivity index (χ3v) is 9.79. The maximum absolute atomic E-state index is 14.9. The molecule has 10 nitrogen and oxygen atoms in total. The summed E-state index contributed by atoms with van der Waals surface area (Å²) in [5.41, 5.74) is -0.279. The van der Waals surface area contributed by atoms with Crippen LogP contribution in [0, 0.1) is 17.8 Å². The largest absolute Gasteiger partial charge is 0.463 e. The van der Waals surface area contributed by atoms with Crippen LogP contribution < -0.4 is 10.2 Å². The van der Waals surface area contributed by atoms with Gasteiger partial charge in [-0.15, -0.1) is 0 Å². The zero-order valence-electron chi connectivity index (χ0n) is 25.8. The van der Waals surface area contributed by atoms with Gasteiger partial charge >= 0.3 is 5.97 Å². The second-order valence-electron chi connectivity index (χ2n) is 12.5. The van der Waals surface area contributed by atoms with Crippen LogP contribution in [0.15, 0.2) is 78.9 Å². The van der Waals surface area contributed by atoms with Gasteiger partial charge in [0.25, 0.3) is 5.91 Å². The van der Waals surface area contributed by atoms with Crippen molar-refractivity contribution in [3.05, 3.63) is 89.5 Å². The van der Waals surface area contributed by atoms with E-state index in [4.69, 9.17) is 21.1 Å². The first-order chi connectivity index (χ1) is 22.2. The zero-order valence-corrected chi connectivity index (χ0v) is 26.5. The summed E-state index contributed by atoms with van der Waals surface area (Å²) in [7, 11) is 0. The van der Waals surface area contributed by atoms with Crippen LogP contribution in [0.1, 0.15) is 38.3 Å². The maximum atomic E-state index is 14.9. The van der Waals surface area contributed by atoms with Gasteiger partial charge in [-0.25, -0.2) is 0 Å². The molecule has 2 saturated heterocycles. The topological polar surface area (TPSA) is 125 Å². The highest BCUT2D eigenvalue weighted by atomic mass is 35.5. The first-order valence-electron chi connectivity index (χ1n) is 15.7. The number of aliphatic hydroxyl groups is 1. The molecule has 5 bridgehead atoms. The predicted octanol–water partition coefficient (Wildman–Crippen LogP) is 3.59. The molecule has 242 valence electrons. The van der Waals surface area contributed by atoms with Crippen molar-refractivity contribution in [1.82, 2.24) is 10.2 Å². The van der Waals surface area contributed by atoms with E-state index in [1.807, 2.05) is 44.2 Å². The molecule has 11 heteroatoms. The summed E-state index contributed by atoms with van der Waals surface area (Å²) >= 11 is 6.62. The average Bonchev–Trinajstić information content (AvgIpc) is 3.69. The summed E-state index contributed by atoms with van der Waals surface area (Å²) < 4.78 is 12.1. The summed E-state index contributed by atoms with van der Waals surface area (Å²) in [6.07, 6.45) is 6.77. The van der Waals surface area contributed by atoms with Crippen LogP contribution in [0.25, 0.3) is 0 Å². The van der Waals surface area contributed by atoms with Crippen LogP contribution in [0.5, 0.6) is 0 Å². The van der Waals surface area contributed by atoms with Gasteiger partial charge in [0.1, 0.15) is 18.2 Å². The van der Waals surface area contributed by atoms with Crippen LogP contribution in [-0.4, -0.2) is 77.2 Å². The summed E-state index contributed by atoms with van der Waals surface area (Å²) in [6, 6.07) is 13.5. The number of allylic oxidation sites excluding steroid dienone is 1. The van der Waals surface area contributed by atoms with E-state index >= 15 is 0 Å². The molecule has 1 spiro atoms. The van der Waals surface area contributed by atoms with Gasteiger partial charge in [-0.3, -0.25) is 19.2 Å². The number of aliphatic hydroxyl groups excluding tert-OH is 1. The normalized spacial score (nSPS) is 31.2. The number of ether oxygens (including phenoxy) is 2. The van der Waals surface area contributed by atoms with E-state index in [-0.39, 0.29) is 32.1 Å². The molecule has 0 saturated carbocycles. The van der Waals surface area contributed by atoms with E-state index < -0.39 is 65.4 Å². The number of hydrogen-bond donors (Lipinski definition) is 2. The fourth-order valence-electron chi connectivity index (χ4n) is 7.21. The van der Waals surface area contributed by atoms with Crippen molar-refractivity contribution in [2.45, 2.75) is 56.5 Å². The van der Waals surface area contributed by atoms with E-state index in [2.05, 4.69) is 5.32 Å². The molecular formula is C35H38ClN3O7. The number of carbonyl (C=O) groups excluding carboxylic acids is 4. The number of rotatable bonds is 5. The van der Waals surface area contributed by atoms with Crippen molar-refractivity contribution >= 4 is 41.0 Å². The minimum absolute atomic E-state index is 0.0928. The molecule has 2 aromatic carbocycles. The molecule has 4 heterocycles. The molecule has 4 aliphatic rings. The van der Waals surface area contributed by atoms with Crippen molar-refractivity contribution in [2.75, 3.05) is 24.7 Å². The third-order valence-electron chi connectivity index (χ3n) is 9.47. The minimum atomic E-state index is -1.45. The lowest BCUT2D eigenvalue weighted by Crippen LogP contribution is -2.59. The number of halogens is 1. The van der Waals surface area contributed by atoms with Crippen molar-refractivity contribution < 1.29 is 33.8 Å². The number of benzene rings is 2. The second kappa shape index (κ2) is 13.0. The number of amides is 3. The molecule has 7 atom stereocenters. The number of carbonyl (C=O) groups is 4. The van der Waals surface area contributed by atoms with Gasteiger partial charge in [-0.05, 0) is 30.0 Å². The summed E-state index contributed by atoms with van der Waals surface area (Å²) in [5.74, 6) is -3.97. The van der Waals surface area contributed by atoms with Gasteiger partial charge in [-0.1, -0.05) is 92.2 Å². The van der Waals surface area contributed by atoms with Gasteiger partial charge < -0.3 is 29.7 Å². The Kier molecular flexibility index (Phi) is 9.05. The molecule has 0 aromatic heterocycles. The maximum Gasteiger partial charge on any atom is 0.306 e. The summed E-state index contributed by atoms with van der Waals surface area (Å²) in [5, 5.41) is 13.9. The fraction of sp³-hybridized carbons (Fsp3) is 0.429. The lowest BCUT2D eigenvalue weighted by molar-refractivity contribution is -0.147. The van der Waals surface area contributed by atoms with E-state index in [1.165, 1.54) is 9.80 Å². The van der Waals surface area contributed by atoms with Crippen LogP contribution in [0.3, 0.4) is 0 Å². The molecule has 46 heavy (non-hydrogen) atoms. The average molecular weight is 648 g/mol. The van der Waals surface area contributed by atoms with Crippen LogP contribution >= 0.6 is 11.6 Å². The van der Waals surface area contributed by atoms with Gasteiger partial charge in [0.15, 0.2) is 0 Å². The van der Waals surface area contributed by atoms with Gasteiger partial charge in [0.2, 0.25) is 11.8 Å². The van der Waals surface area contributed by atoms with Gasteiger partial charge in [0.05, 0.1) is 47.3 Å². The molecule has 4 aliphatic heterocycles. The summed E-state index contributed by atoms with van der Waals surface area (Å²) in [6.45, 7) is 3.36. The van der Waals surface area contributed by atoms with Crippen molar-refractivity contribution in [3.63, 3.8) is 0 Å². The monoisotopic (exact) mass is 647 g/mol. The summed E-state index contributed by atoms with van der Waals surface area (Å²) in [4.78, 5) is 59.3.